The third kappa shape index (κ3) is 2.96. The van der Waals surface area contributed by atoms with Gasteiger partial charge in [0.05, 0.1) is 6.10 Å². The second-order valence-corrected chi connectivity index (χ2v) is 6.26. The minimum atomic E-state index is -0.653. The van der Waals surface area contributed by atoms with E-state index in [1.54, 1.807) is 14.2 Å². The Morgan fingerprint density at radius 3 is 2.30 bits per heavy atom. The molecule has 2 atom stereocenters. The number of piperidine rings is 1. The second kappa shape index (κ2) is 6.60. The van der Waals surface area contributed by atoms with Crippen molar-refractivity contribution in [2.24, 2.45) is 5.41 Å². The van der Waals surface area contributed by atoms with E-state index in [2.05, 4.69) is 24.5 Å². The lowest BCUT2D eigenvalue weighted by Gasteiger charge is -2.52. The summed E-state index contributed by atoms with van der Waals surface area (Å²) >= 11 is 0. The molecule has 118 valence electrons. The van der Waals surface area contributed by atoms with Gasteiger partial charge in [0, 0.05) is 25.7 Å². The van der Waals surface area contributed by atoms with Crippen LogP contribution in [-0.4, -0.2) is 51.0 Å². The summed E-state index contributed by atoms with van der Waals surface area (Å²) in [4.78, 5) is 12.5. The molecule has 1 amide bonds. The van der Waals surface area contributed by atoms with Crippen LogP contribution in [0, 0.1) is 5.41 Å². The zero-order valence-corrected chi connectivity index (χ0v) is 13.6. The third-order valence-electron chi connectivity index (χ3n) is 4.98. The van der Waals surface area contributed by atoms with E-state index in [0.717, 1.165) is 32.4 Å². The van der Waals surface area contributed by atoms with Crippen LogP contribution < -0.4 is 10.6 Å². The Hall–Kier alpha value is -0.360. The molecule has 2 unspecified atom stereocenters. The molecule has 0 aromatic heterocycles. The van der Waals surface area contributed by atoms with Crippen LogP contribution in [0.15, 0.2) is 0 Å². The summed E-state index contributed by atoms with van der Waals surface area (Å²) in [6.45, 7) is 5.93. The van der Waals surface area contributed by atoms with Crippen LogP contribution in [0.1, 0.15) is 33.1 Å². The van der Waals surface area contributed by atoms with Gasteiger partial charge in [-0.15, -0.1) is 12.4 Å². The van der Waals surface area contributed by atoms with Crippen molar-refractivity contribution >= 4 is 18.3 Å². The number of rotatable bonds is 4. The number of halogens is 1. The minimum absolute atomic E-state index is 0. The molecule has 2 aliphatic rings. The van der Waals surface area contributed by atoms with E-state index >= 15 is 0 Å². The van der Waals surface area contributed by atoms with Gasteiger partial charge in [0.1, 0.15) is 5.60 Å². The summed E-state index contributed by atoms with van der Waals surface area (Å²) in [5.74, 6) is 0.0316. The fourth-order valence-electron chi connectivity index (χ4n) is 3.17. The number of ether oxygens (including phenoxy) is 2. The van der Waals surface area contributed by atoms with E-state index in [9.17, 15) is 4.79 Å². The number of hydrogen-bond donors (Lipinski definition) is 2. The monoisotopic (exact) mass is 306 g/mol. The topological polar surface area (TPSA) is 59.6 Å². The molecule has 1 aliphatic heterocycles. The fraction of sp³-hybridized carbons (Fsp3) is 0.929. The summed E-state index contributed by atoms with van der Waals surface area (Å²) in [6.07, 6.45) is 2.57. The van der Waals surface area contributed by atoms with E-state index < -0.39 is 5.60 Å². The molecular weight excluding hydrogens is 280 g/mol. The lowest BCUT2D eigenvalue weighted by Crippen LogP contribution is -2.65. The van der Waals surface area contributed by atoms with Crippen LogP contribution in [0.4, 0.5) is 0 Å². The molecule has 2 rings (SSSR count). The Morgan fingerprint density at radius 2 is 1.85 bits per heavy atom. The molecular formula is C14H27ClN2O3. The first-order chi connectivity index (χ1) is 8.96. The van der Waals surface area contributed by atoms with Gasteiger partial charge >= 0.3 is 0 Å². The summed E-state index contributed by atoms with van der Waals surface area (Å²) in [5, 5.41) is 6.42. The Morgan fingerprint density at radius 1 is 1.25 bits per heavy atom. The fourth-order valence-corrected chi connectivity index (χ4v) is 3.17. The van der Waals surface area contributed by atoms with Gasteiger partial charge in [-0.3, -0.25) is 4.79 Å². The zero-order chi connectivity index (χ0) is 14.1. The maximum absolute atomic E-state index is 12.5. The highest BCUT2D eigenvalue weighted by atomic mass is 35.5. The lowest BCUT2D eigenvalue weighted by molar-refractivity contribution is -0.155. The largest absolute Gasteiger partial charge is 0.381 e. The van der Waals surface area contributed by atoms with Gasteiger partial charge in [0.15, 0.2) is 0 Å². The number of carbonyl (C=O) groups is 1. The van der Waals surface area contributed by atoms with E-state index in [1.165, 1.54) is 0 Å². The third-order valence-corrected chi connectivity index (χ3v) is 4.98. The smallest absolute Gasteiger partial charge is 0.252 e. The second-order valence-electron chi connectivity index (χ2n) is 6.26. The molecule has 0 spiro atoms. The number of amides is 1. The van der Waals surface area contributed by atoms with Crippen LogP contribution in [0.2, 0.25) is 0 Å². The molecule has 0 radical (unpaired) electrons. The number of nitrogens with one attached hydrogen (secondary N) is 2. The minimum Gasteiger partial charge on any atom is -0.381 e. The van der Waals surface area contributed by atoms with Gasteiger partial charge in [0.2, 0.25) is 0 Å². The normalized spacial score (nSPS) is 30.8. The van der Waals surface area contributed by atoms with Crippen molar-refractivity contribution in [2.45, 2.75) is 50.9 Å². The first kappa shape index (κ1) is 17.7. The predicted molar refractivity (Wildman–Crippen MR) is 80.2 cm³/mol. The van der Waals surface area contributed by atoms with Gasteiger partial charge in [-0.05, 0) is 32.4 Å². The standard InChI is InChI=1S/C14H26N2O3.ClH/c1-13(2)10(9-11(13)18-3)16-12(17)14(19-4)5-7-15-8-6-14;/h10-11,15H,5-9H2,1-4H3,(H,16,17);1H. The molecule has 6 heteroatoms. The van der Waals surface area contributed by atoms with Crippen LogP contribution >= 0.6 is 12.4 Å². The Kier molecular flexibility index (Phi) is 5.84. The van der Waals surface area contributed by atoms with Crippen molar-refractivity contribution in [1.29, 1.82) is 0 Å². The first-order valence-electron chi connectivity index (χ1n) is 7.06. The van der Waals surface area contributed by atoms with Crippen molar-refractivity contribution in [2.75, 3.05) is 27.3 Å². The molecule has 20 heavy (non-hydrogen) atoms. The van der Waals surface area contributed by atoms with Crippen molar-refractivity contribution < 1.29 is 14.3 Å². The van der Waals surface area contributed by atoms with E-state index in [1.807, 2.05) is 0 Å². The zero-order valence-electron chi connectivity index (χ0n) is 12.8. The van der Waals surface area contributed by atoms with Crippen LogP contribution in [0.3, 0.4) is 0 Å². The van der Waals surface area contributed by atoms with Crippen LogP contribution in [0.25, 0.3) is 0 Å². The maximum Gasteiger partial charge on any atom is 0.252 e. The van der Waals surface area contributed by atoms with E-state index in [0.29, 0.717) is 0 Å². The van der Waals surface area contributed by atoms with Gasteiger partial charge < -0.3 is 20.1 Å². The van der Waals surface area contributed by atoms with Gasteiger partial charge in [-0.25, -0.2) is 0 Å². The van der Waals surface area contributed by atoms with E-state index in [-0.39, 0.29) is 35.9 Å². The summed E-state index contributed by atoms with van der Waals surface area (Å²) in [7, 11) is 3.36. The van der Waals surface area contributed by atoms with Crippen LogP contribution in [0.5, 0.6) is 0 Å². The molecule has 0 aromatic carbocycles. The first-order valence-corrected chi connectivity index (χ1v) is 7.06. The molecule has 1 saturated heterocycles. The Labute approximate surface area is 127 Å². The summed E-state index contributed by atoms with van der Waals surface area (Å²) < 4.78 is 11.0. The van der Waals surface area contributed by atoms with Crippen LogP contribution in [-0.2, 0) is 14.3 Å². The Bertz CT molecular complexity index is 343. The highest BCUT2D eigenvalue weighted by Crippen LogP contribution is 2.42. The van der Waals surface area contributed by atoms with Crippen molar-refractivity contribution in [3.63, 3.8) is 0 Å². The van der Waals surface area contributed by atoms with E-state index in [4.69, 9.17) is 9.47 Å². The van der Waals surface area contributed by atoms with Crippen molar-refractivity contribution in [3.05, 3.63) is 0 Å². The number of methoxy groups -OCH3 is 2. The maximum atomic E-state index is 12.5. The highest BCUT2D eigenvalue weighted by molar-refractivity contribution is 5.86. The number of hydrogen-bond acceptors (Lipinski definition) is 4. The summed E-state index contributed by atoms with van der Waals surface area (Å²) in [6, 6.07) is 0.173. The van der Waals surface area contributed by atoms with Gasteiger partial charge in [-0.2, -0.15) is 0 Å². The highest BCUT2D eigenvalue weighted by Gasteiger charge is 2.51. The average Bonchev–Trinajstić information content (AvgIpc) is 2.43. The lowest BCUT2D eigenvalue weighted by atomic mass is 9.64. The molecule has 1 heterocycles. The molecule has 1 aliphatic carbocycles. The average molecular weight is 307 g/mol. The SMILES string of the molecule is COC1CC(NC(=O)C2(OC)CCNCC2)C1(C)C.Cl. The summed E-state index contributed by atoms with van der Waals surface area (Å²) in [5.41, 5.74) is -0.661. The number of carbonyl (C=O) groups excluding carboxylic acids is 1. The predicted octanol–water partition coefficient (Wildman–Crippen LogP) is 1.11. The quantitative estimate of drug-likeness (QED) is 0.817. The Balaban J connectivity index is 0.00000200. The molecule has 0 bridgehead atoms. The molecule has 2 fully saturated rings. The molecule has 1 saturated carbocycles. The molecule has 0 aromatic rings. The van der Waals surface area contributed by atoms with Crippen molar-refractivity contribution in [3.8, 4) is 0 Å². The van der Waals surface area contributed by atoms with Gasteiger partial charge in [-0.1, -0.05) is 13.8 Å². The molecule has 2 N–H and O–H groups in total. The van der Waals surface area contributed by atoms with Crippen molar-refractivity contribution in [1.82, 2.24) is 10.6 Å². The van der Waals surface area contributed by atoms with Gasteiger partial charge in [0.25, 0.3) is 5.91 Å². The molecule has 5 nitrogen and oxygen atoms in total.